The molecule has 2 aliphatic rings. The molecule has 2 fully saturated rings. The van der Waals surface area contributed by atoms with Crippen molar-refractivity contribution in [3.8, 4) is 0 Å². The van der Waals surface area contributed by atoms with Crippen molar-refractivity contribution in [2.75, 3.05) is 39.4 Å². The molecule has 0 spiro atoms. The fourth-order valence-corrected chi connectivity index (χ4v) is 5.01. The largest absolute Gasteiger partial charge is 0.386 e. The van der Waals surface area contributed by atoms with Crippen molar-refractivity contribution in [2.24, 2.45) is 5.73 Å². The second-order valence-electron chi connectivity index (χ2n) is 5.67. The van der Waals surface area contributed by atoms with Gasteiger partial charge in [0.15, 0.2) is 0 Å². The van der Waals surface area contributed by atoms with Crippen LogP contribution in [0.3, 0.4) is 0 Å². The molecule has 7 nitrogen and oxygen atoms in total. The Balaban J connectivity index is 1.95. The van der Waals surface area contributed by atoms with Crippen LogP contribution in [-0.4, -0.2) is 74.1 Å². The maximum Gasteiger partial charge on any atom is 0.217 e. The zero-order chi connectivity index (χ0) is 15.5. The molecule has 0 saturated carbocycles. The van der Waals surface area contributed by atoms with E-state index >= 15 is 0 Å². The first kappa shape index (κ1) is 16.7. The van der Waals surface area contributed by atoms with Crippen LogP contribution in [0.1, 0.15) is 26.2 Å². The molecule has 8 heteroatoms. The molecule has 0 aromatic heterocycles. The molecule has 2 heterocycles. The molecule has 0 amide bonds. The first-order valence-electron chi connectivity index (χ1n) is 7.61. The van der Waals surface area contributed by atoms with Crippen LogP contribution in [-0.2, 0) is 14.8 Å². The van der Waals surface area contributed by atoms with E-state index in [4.69, 9.17) is 15.9 Å². The lowest BCUT2D eigenvalue weighted by atomic mass is 10.1. The minimum absolute atomic E-state index is 0.0714. The van der Waals surface area contributed by atoms with E-state index in [0.29, 0.717) is 52.2 Å². The normalized spacial score (nSPS) is 24.8. The lowest BCUT2D eigenvalue weighted by Crippen LogP contribution is -2.56. The zero-order valence-corrected chi connectivity index (χ0v) is 13.4. The summed E-state index contributed by atoms with van der Waals surface area (Å²) in [4.78, 5) is 2.11. The van der Waals surface area contributed by atoms with Crippen molar-refractivity contribution in [2.45, 2.75) is 37.5 Å². The van der Waals surface area contributed by atoms with Crippen molar-refractivity contribution in [3.63, 3.8) is 0 Å². The first-order valence-corrected chi connectivity index (χ1v) is 9.11. The summed E-state index contributed by atoms with van der Waals surface area (Å²) in [7, 11) is -3.22. The number of hydrogen-bond donors (Lipinski definition) is 2. The molecule has 0 aromatic rings. The monoisotopic (exact) mass is 318 g/mol. The molecular formula is C13H26N4O3S. The average molecular weight is 318 g/mol. The van der Waals surface area contributed by atoms with Crippen LogP contribution < -0.4 is 5.73 Å². The van der Waals surface area contributed by atoms with Gasteiger partial charge in [0, 0.05) is 39.4 Å². The van der Waals surface area contributed by atoms with Crippen molar-refractivity contribution in [1.29, 1.82) is 5.41 Å². The van der Waals surface area contributed by atoms with Gasteiger partial charge in [-0.3, -0.25) is 10.3 Å². The van der Waals surface area contributed by atoms with Gasteiger partial charge < -0.3 is 10.5 Å². The SMILES string of the molecule is CCC(C(=N)N)N1CCN(S(=O)(=O)C2CCOCC2)CC1. The van der Waals surface area contributed by atoms with E-state index in [2.05, 4.69) is 4.90 Å². The number of sulfonamides is 1. The number of nitrogens with one attached hydrogen (secondary N) is 1. The number of hydrogen-bond acceptors (Lipinski definition) is 5. The van der Waals surface area contributed by atoms with E-state index in [1.807, 2.05) is 6.92 Å². The summed E-state index contributed by atoms with van der Waals surface area (Å²) in [5, 5.41) is 7.31. The summed E-state index contributed by atoms with van der Waals surface area (Å²) in [6.07, 6.45) is 1.96. The molecule has 122 valence electrons. The summed E-state index contributed by atoms with van der Waals surface area (Å²) in [6, 6.07) is -0.0714. The van der Waals surface area contributed by atoms with Gasteiger partial charge in [-0.1, -0.05) is 6.92 Å². The minimum Gasteiger partial charge on any atom is -0.386 e. The first-order chi connectivity index (χ1) is 9.96. The standard InChI is InChI=1S/C13H26N4O3S/c1-2-12(13(14)15)16-5-7-17(8-6-16)21(18,19)11-3-9-20-10-4-11/h11-12H,2-10H2,1H3,(H3,14,15). The van der Waals surface area contributed by atoms with Gasteiger partial charge in [0.05, 0.1) is 11.3 Å². The molecule has 1 unspecified atom stereocenters. The highest BCUT2D eigenvalue weighted by Gasteiger charge is 2.36. The minimum atomic E-state index is -3.22. The van der Waals surface area contributed by atoms with E-state index in [1.54, 1.807) is 4.31 Å². The Bertz CT molecular complexity index is 454. The van der Waals surface area contributed by atoms with Gasteiger partial charge in [-0.15, -0.1) is 0 Å². The maximum absolute atomic E-state index is 12.6. The van der Waals surface area contributed by atoms with Crippen molar-refractivity contribution < 1.29 is 13.2 Å². The van der Waals surface area contributed by atoms with Gasteiger partial charge >= 0.3 is 0 Å². The van der Waals surface area contributed by atoms with Crippen molar-refractivity contribution in [1.82, 2.24) is 9.21 Å². The van der Waals surface area contributed by atoms with E-state index in [1.165, 1.54) is 0 Å². The Morgan fingerprint density at radius 1 is 1.29 bits per heavy atom. The number of nitrogens with two attached hydrogens (primary N) is 1. The Morgan fingerprint density at radius 3 is 2.33 bits per heavy atom. The molecule has 2 aliphatic heterocycles. The molecule has 0 aromatic carbocycles. The molecule has 2 rings (SSSR count). The van der Waals surface area contributed by atoms with E-state index in [0.717, 1.165) is 6.42 Å². The highest BCUT2D eigenvalue weighted by Crippen LogP contribution is 2.21. The van der Waals surface area contributed by atoms with E-state index in [9.17, 15) is 8.42 Å². The highest BCUT2D eigenvalue weighted by molar-refractivity contribution is 7.89. The average Bonchev–Trinajstić information content (AvgIpc) is 2.49. The third-order valence-electron chi connectivity index (χ3n) is 4.41. The third-order valence-corrected chi connectivity index (χ3v) is 6.81. The summed E-state index contributed by atoms with van der Waals surface area (Å²) in [5.41, 5.74) is 5.61. The number of rotatable bonds is 5. The number of piperazine rings is 1. The number of amidine groups is 1. The van der Waals surface area contributed by atoms with Gasteiger partial charge in [-0.2, -0.15) is 4.31 Å². The van der Waals surface area contributed by atoms with Crippen LogP contribution in [0.5, 0.6) is 0 Å². The summed E-state index contributed by atoms with van der Waals surface area (Å²) in [6.45, 7) is 5.32. The maximum atomic E-state index is 12.6. The molecule has 0 aliphatic carbocycles. The van der Waals surface area contributed by atoms with Crippen LogP contribution in [0.4, 0.5) is 0 Å². The molecule has 0 bridgehead atoms. The summed E-state index contributed by atoms with van der Waals surface area (Å²) in [5.74, 6) is 0.165. The molecule has 2 saturated heterocycles. The predicted octanol–water partition coefficient (Wildman–Crippen LogP) is -0.173. The second kappa shape index (κ2) is 7.04. The van der Waals surface area contributed by atoms with Gasteiger partial charge in [0.25, 0.3) is 0 Å². The lowest BCUT2D eigenvalue weighted by Gasteiger charge is -2.39. The van der Waals surface area contributed by atoms with Crippen LogP contribution in [0.2, 0.25) is 0 Å². The Hall–Kier alpha value is -0.700. The quantitative estimate of drug-likeness (QED) is 0.541. The molecule has 1 atom stereocenters. The smallest absolute Gasteiger partial charge is 0.217 e. The predicted molar refractivity (Wildman–Crippen MR) is 81.9 cm³/mol. The molecule has 21 heavy (non-hydrogen) atoms. The van der Waals surface area contributed by atoms with Crippen LogP contribution in [0, 0.1) is 5.41 Å². The highest BCUT2D eigenvalue weighted by atomic mass is 32.2. The van der Waals surface area contributed by atoms with Crippen molar-refractivity contribution >= 4 is 15.9 Å². The van der Waals surface area contributed by atoms with Crippen molar-refractivity contribution in [3.05, 3.63) is 0 Å². The van der Waals surface area contributed by atoms with Gasteiger partial charge in [0.2, 0.25) is 10.0 Å². The Morgan fingerprint density at radius 2 is 1.86 bits per heavy atom. The topological polar surface area (TPSA) is 99.7 Å². The van der Waals surface area contributed by atoms with Gasteiger partial charge in [-0.05, 0) is 19.3 Å². The molecule has 3 N–H and O–H groups in total. The van der Waals surface area contributed by atoms with Gasteiger partial charge in [-0.25, -0.2) is 8.42 Å². The van der Waals surface area contributed by atoms with Crippen LogP contribution in [0.15, 0.2) is 0 Å². The van der Waals surface area contributed by atoms with Crippen LogP contribution >= 0.6 is 0 Å². The van der Waals surface area contributed by atoms with Crippen LogP contribution in [0.25, 0.3) is 0 Å². The fraction of sp³-hybridized carbons (Fsp3) is 0.923. The summed E-state index contributed by atoms with van der Waals surface area (Å²) >= 11 is 0. The Kier molecular flexibility index (Phi) is 5.59. The zero-order valence-electron chi connectivity index (χ0n) is 12.6. The second-order valence-corrected chi connectivity index (χ2v) is 7.88. The number of nitrogens with zero attached hydrogens (tertiary/aromatic N) is 2. The lowest BCUT2D eigenvalue weighted by molar-refractivity contribution is 0.0959. The Labute approximate surface area is 127 Å². The third kappa shape index (κ3) is 3.74. The fourth-order valence-electron chi connectivity index (χ4n) is 3.13. The molecule has 0 radical (unpaired) electrons. The number of ether oxygens (including phenoxy) is 1. The summed E-state index contributed by atoms with van der Waals surface area (Å²) < 4.78 is 32.1. The van der Waals surface area contributed by atoms with E-state index < -0.39 is 10.0 Å². The molecular weight excluding hydrogens is 292 g/mol. The van der Waals surface area contributed by atoms with E-state index in [-0.39, 0.29) is 17.1 Å². The van der Waals surface area contributed by atoms with Gasteiger partial charge in [0.1, 0.15) is 5.84 Å².